The quantitative estimate of drug-likeness (QED) is 0.0196. The Kier molecular flexibility index (Phi) is 42.5. The Labute approximate surface area is 415 Å². The van der Waals surface area contributed by atoms with Crippen molar-refractivity contribution >= 4 is 22.1 Å². The lowest BCUT2D eigenvalue weighted by molar-refractivity contribution is -0.297. The lowest BCUT2D eigenvalue weighted by Gasteiger charge is -2.40. The van der Waals surface area contributed by atoms with Crippen molar-refractivity contribution in [2.24, 2.45) is 0 Å². The predicted octanol–water partition coefficient (Wildman–Crippen LogP) is 13.1. The molecule has 400 valence electrons. The van der Waals surface area contributed by atoms with Crippen LogP contribution in [0.5, 0.6) is 0 Å². The first-order valence-electron chi connectivity index (χ1n) is 27.9. The van der Waals surface area contributed by atoms with Crippen molar-refractivity contribution < 1.29 is 56.8 Å². The highest BCUT2D eigenvalue weighted by atomic mass is 32.2. The zero-order valence-corrected chi connectivity index (χ0v) is 44.0. The Morgan fingerprint density at radius 1 is 0.485 bits per heavy atom. The van der Waals surface area contributed by atoms with Gasteiger partial charge in [0.2, 0.25) is 0 Å². The molecule has 12 nitrogen and oxygen atoms in total. The van der Waals surface area contributed by atoms with Gasteiger partial charge in [0.25, 0.3) is 10.1 Å². The number of unbranched alkanes of at least 4 members (excludes halogenated alkanes) is 32. The van der Waals surface area contributed by atoms with Crippen LogP contribution in [-0.4, -0.2) is 96.0 Å². The highest BCUT2D eigenvalue weighted by Gasteiger charge is 2.46. The van der Waals surface area contributed by atoms with Gasteiger partial charge >= 0.3 is 11.9 Å². The molecule has 0 aliphatic carbocycles. The topological polar surface area (TPSA) is 186 Å². The number of aliphatic hydroxyl groups is 3. The van der Waals surface area contributed by atoms with E-state index in [4.69, 9.17) is 18.9 Å². The third-order valence-corrected chi connectivity index (χ3v) is 13.8. The molecule has 0 amide bonds. The molecule has 1 aliphatic rings. The van der Waals surface area contributed by atoms with Crippen LogP contribution in [0.1, 0.15) is 258 Å². The number of carbonyl (C=O) groups is 2. The van der Waals surface area contributed by atoms with Crippen molar-refractivity contribution in [1.29, 1.82) is 0 Å². The van der Waals surface area contributed by atoms with Crippen LogP contribution in [0.25, 0.3) is 0 Å². The van der Waals surface area contributed by atoms with Gasteiger partial charge in [0.15, 0.2) is 12.4 Å². The van der Waals surface area contributed by atoms with Gasteiger partial charge in [0.05, 0.1) is 6.61 Å². The summed E-state index contributed by atoms with van der Waals surface area (Å²) in [5.74, 6) is -2.01. The van der Waals surface area contributed by atoms with Crippen molar-refractivity contribution in [2.45, 2.75) is 295 Å². The average molecular weight is 987 g/mol. The molecule has 13 heteroatoms. The molecule has 6 atom stereocenters. The second-order valence-electron chi connectivity index (χ2n) is 19.6. The van der Waals surface area contributed by atoms with Crippen molar-refractivity contribution in [2.75, 3.05) is 19.0 Å². The average Bonchev–Trinajstić information content (AvgIpc) is 3.31. The van der Waals surface area contributed by atoms with Gasteiger partial charge in [-0.05, 0) is 57.8 Å². The van der Waals surface area contributed by atoms with E-state index in [1.165, 1.54) is 173 Å². The smallest absolute Gasteiger partial charge is 0.306 e. The minimum Gasteiger partial charge on any atom is -0.462 e. The molecular weight excluding hydrogens is 885 g/mol. The largest absolute Gasteiger partial charge is 0.462 e. The third-order valence-electron chi connectivity index (χ3n) is 13.0. The van der Waals surface area contributed by atoms with E-state index in [-0.39, 0.29) is 19.4 Å². The maximum absolute atomic E-state index is 12.9. The molecule has 0 radical (unpaired) electrons. The van der Waals surface area contributed by atoms with Crippen LogP contribution in [-0.2, 0) is 38.7 Å². The van der Waals surface area contributed by atoms with Crippen LogP contribution in [0, 0.1) is 0 Å². The molecule has 0 aromatic carbocycles. The van der Waals surface area contributed by atoms with Gasteiger partial charge in [-0.2, -0.15) is 8.42 Å². The number of ether oxygens (including phenoxy) is 4. The fourth-order valence-corrected chi connectivity index (χ4v) is 9.37. The second-order valence-corrected chi connectivity index (χ2v) is 21.1. The number of aliphatic hydroxyl groups excluding tert-OH is 3. The molecule has 0 saturated carbocycles. The first kappa shape index (κ1) is 64.1. The molecule has 1 heterocycles. The van der Waals surface area contributed by atoms with Gasteiger partial charge < -0.3 is 34.3 Å². The molecule has 1 fully saturated rings. The van der Waals surface area contributed by atoms with E-state index >= 15 is 0 Å². The van der Waals surface area contributed by atoms with Crippen LogP contribution >= 0.6 is 0 Å². The Balaban J connectivity index is 2.33. The molecule has 1 aliphatic heterocycles. The molecule has 0 aromatic heterocycles. The van der Waals surface area contributed by atoms with Gasteiger partial charge in [-0.1, -0.05) is 212 Å². The summed E-state index contributed by atoms with van der Waals surface area (Å²) in [6, 6.07) is 0. The van der Waals surface area contributed by atoms with Gasteiger partial charge in [-0.25, -0.2) is 0 Å². The minimum absolute atomic E-state index is 0.156. The standard InChI is InChI=1S/C55H102O12S/c1-3-5-7-9-11-13-15-17-19-21-22-23-24-25-26-28-29-31-33-35-37-39-41-43-50(56)64-45-48(46-65-55-54(60)53(59)52(58)49(67-55)47-68(61,62)63)66-51(57)44-42-40-38-36-34-32-30-27-20-18-16-14-12-10-8-6-4-2/h18,20,35,37,48-49,52-55,58-60H,3-17,19,21-34,36,38-47H2,1-2H3,(H,61,62,63)/b20-18+,37-35+/t48-,49-,52-,53?,54?,55+/m1/s1. The summed E-state index contributed by atoms with van der Waals surface area (Å²) in [5.41, 5.74) is 0. The van der Waals surface area contributed by atoms with E-state index in [9.17, 15) is 37.9 Å². The summed E-state index contributed by atoms with van der Waals surface area (Å²) in [5, 5.41) is 31.0. The predicted molar refractivity (Wildman–Crippen MR) is 275 cm³/mol. The molecule has 0 aromatic rings. The SMILES string of the molecule is CCCCCCCC/C=C/CCCCCCCCCC(=O)O[C@H](COC(=O)CCC/C=C/CCCCCCCCCCCCCCCCCCCC)CO[C@H]1O[C@H](CS(=O)(=O)O)[C@@H](O)C(O)C1O. The number of hydrogen-bond donors (Lipinski definition) is 4. The molecule has 2 unspecified atom stereocenters. The van der Waals surface area contributed by atoms with Crippen molar-refractivity contribution in [3.8, 4) is 0 Å². The van der Waals surface area contributed by atoms with Crippen LogP contribution < -0.4 is 0 Å². The molecule has 0 bridgehead atoms. The Morgan fingerprint density at radius 3 is 1.26 bits per heavy atom. The van der Waals surface area contributed by atoms with Gasteiger partial charge in [0, 0.05) is 12.8 Å². The van der Waals surface area contributed by atoms with Crippen molar-refractivity contribution in [3.63, 3.8) is 0 Å². The third kappa shape index (κ3) is 38.8. The minimum atomic E-state index is -4.61. The summed E-state index contributed by atoms with van der Waals surface area (Å²) in [6.45, 7) is 3.78. The zero-order chi connectivity index (χ0) is 49.8. The highest BCUT2D eigenvalue weighted by Crippen LogP contribution is 2.24. The fourth-order valence-electron chi connectivity index (χ4n) is 8.68. The molecule has 1 saturated heterocycles. The van der Waals surface area contributed by atoms with Gasteiger partial charge in [-0.15, -0.1) is 0 Å². The maximum atomic E-state index is 12.9. The molecular formula is C55H102O12S. The number of allylic oxidation sites excluding steroid dienone is 4. The summed E-state index contributed by atoms with van der Waals surface area (Å²) in [4.78, 5) is 25.6. The van der Waals surface area contributed by atoms with E-state index in [1.807, 2.05) is 0 Å². The van der Waals surface area contributed by atoms with Gasteiger partial charge in [-0.3, -0.25) is 14.1 Å². The maximum Gasteiger partial charge on any atom is 0.306 e. The normalized spacial score (nSPS) is 19.3. The monoisotopic (exact) mass is 987 g/mol. The van der Waals surface area contributed by atoms with Crippen LogP contribution in [0.15, 0.2) is 24.3 Å². The van der Waals surface area contributed by atoms with E-state index in [1.54, 1.807) is 0 Å². The number of carbonyl (C=O) groups excluding carboxylic acids is 2. The lowest BCUT2D eigenvalue weighted by Crippen LogP contribution is -2.60. The summed E-state index contributed by atoms with van der Waals surface area (Å²) in [7, 11) is -4.61. The van der Waals surface area contributed by atoms with Crippen LogP contribution in [0.4, 0.5) is 0 Å². The lowest BCUT2D eigenvalue weighted by atomic mass is 10.00. The number of rotatable bonds is 48. The highest BCUT2D eigenvalue weighted by molar-refractivity contribution is 7.85. The van der Waals surface area contributed by atoms with Crippen molar-refractivity contribution in [1.82, 2.24) is 0 Å². The Morgan fingerprint density at radius 2 is 0.853 bits per heavy atom. The van der Waals surface area contributed by atoms with Crippen LogP contribution in [0.2, 0.25) is 0 Å². The van der Waals surface area contributed by atoms with E-state index in [2.05, 4.69) is 38.2 Å². The summed E-state index contributed by atoms with van der Waals surface area (Å²) in [6.07, 6.45) is 43.7. The summed E-state index contributed by atoms with van der Waals surface area (Å²) >= 11 is 0. The zero-order valence-electron chi connectivity index (χ0n) is 43.2. The van der Waals surface area contributed by atoms with Crippen LogP contribution in [0.3, 0.4) is 0 Å². The van der Waals surface area contributed by atoms with Gasteiger partial charge in [0.1, 0.15) is 36.8 Å². The number of esters is 2. The fraction of sp³-hybridized carbons (Fsp3) is 0.891. The molecule has 1 rings (SSSR count). The Bertz CT molecular complexity index is 1340. The first-order valence-corrected chi connectivity index (χ1v) is 29.5. The van der Waals surface area contributed by atoms with E-state index in [0.29, 0.717) is 12.8 Å². The number of hydrogen-bond acceptors (Lipinski definition) is 11. The molecule has 0 spiro atoms. The molecule has 68 heavy (non-hydrogen) atoms. The first-order chi connectivity index (χ1) is 33.0. The summed E-state index contributed by atoms with van der Waals surface area (Å²) < 4.78 is 54.3. The van der Waals surface area contributed by atoms with E-state index < -0.39 is 71.2 Å². The second kappa shape index (κ2) is 45.0. The molecule has 4 N–H and O–H groups in total. The van der Waals surface area contributed by atoms with Crippen molar-refractivity contribution in [3.05, 3.63) is 24.3 Å². The van der Waals surface area contributed by atoms with E-state index in [0.717, 1.165) is 44.9 Å². The Hall–Kier alpha value is -1.87.